The summed E-state index contributed by atoms with van der Waals surface area (Å²) in [5.74, 6) is -0.754. The van der Waals surface area contributed by atoms with E-state index in [2.05, 4.69) is 5.32 Å². The molecular formula is C22H24FN3O2S. The topological polar surface area (TPSA) is 61.8 Å². The first-order chi connectivity index (χ1) is 13.9. The van der Waals surface area contributed by atoms with Gasteiger partial charge in [0.15, 0.2) is 5.17 Å². The minimum atomic E-state index is -0.523. The summed E-state index contributed by atoms with van der Waals surface area (Å²) in [4.78, 5) is 31.7. The molecule has 1 saturated heterocycles. The summed E-state index contributed by atoms with van der Waals surface area (Å²) < 4.78 is 13.0. The van der Waals surface area contributed by atoms with Crippen LogP contribution >= 0.6 is 11.8 Å². The average Bonchev–Trinajstić information content (AvgIpc) is 2.96. The van der Waals surface area contributed by atoms with Gasteiger partial charge in [-0.15, -0.1) is 0 Å². The van der Waals surface area contributed by atoms with Crippen LogP contribution in [-0.4, -0.2) is 33.7 Å². The fourth-order valence-corrected chi connectivity index (χ4v) is 4.32. The van der Waals surface area contributed by atoms with Gasteiger partial charge in [-0.1, -0.05) is 36.9 Å². The first kappa shape index (κ1) is 21.0. The van der Waals surface area contributed by atoms with Gasteiger partial charge < -0.3 is 5.32 Å². The van der Waals surface area contributed by atoms with E-state index in [4.69, 9.17) is 4.99 Å². The Morgan fingerprint density at radius 1 is 1.17 bits per heavy atom. The van der Waals surface area contributed by atoms with Crippen molar-refractivity contribution in [1.82, 2.24) is 4.90 Å². The van der Waals surface area contributed by atoms with Crippen LogP contribution in [0.25, 0.3) is 0 Å². The lowest BCUT2D eigenvalue weighted by Gasteiger charge is -2.16. The van der Waals surface area contributed by atoms with Crippen LogP contribution in [0.2, 0.25) is 0 Å². The Bertz CT molecular complexity index is 923. The normalized spacial score (nSPS) is 17.8. The summed E-state index contributed by atoms with van der Waals surface area (Å²) in [6, 6.07) is 11.5. The number of hydrogen-bond acceptors (Lipinski definition) is 4. The largest absolute Gasteiger partial charge is 0.326 e. The molecule has 1 N–H and O–H groups in total. The van der Waals surface area contributed by atoms with E-state index in [1.54, 1.807) is 4.90 Å². The predicted molar refractivity (Wildman–Crippen MR) is 116 cm³/mol. The highest BCUT2D eigenvalue weighted by Crippen LogP contribution is 2.33. The Labute approximate surface area is 174 Å². The number of carbonyl (C=O) groups excluding carboxylic acids is 2. The predicted octanol–water partition coefficient (Wildman–Crippen LogP) is 4.81. The Morgan fingerprint density at radius 3 is 2.45 bits per heavy atom. The van der Waals surface area contributed by atoms with E-state index in [1.165, 1.54) is 36.0 Å². The van der Waals surface area contributed by atoms with Gasteiger partial charge in [0.2, 0.25) is 11.8 Å². The second-order valence-corrected chi connectivity index (χ2v) is 8.16. The lowest BCUT2D eigenvalue weighted by Crippen LogP contribution is -2.34. The van der Waals surface area contributed by atoms with E-state index in [-0.39, 0.29) is 24.1 Å². The smallest absolute Gasteiger partial charge is 0.242 e. The Kier molecular flexibility index (Phi) is 6.69. The van der Waals surface area contributed by atoms with Gasteiger partial charge in [-0.25, -0.2) is 9.38 Å². The Hall–Kier alpha value is -2.67. The number of halogens is 1. The van der Waals surface area contributed by atoms with Crippen LogP contribution in [0.15, 0.2) is 47.5 Å². The van der Waals surface area contributed by atoms with Crippen LogP contribution in [0, 0.1) is 19.7 Å². The molecule has 1 fully saturated rings. The highest BCUT2D eigenvalue weighted by Gasteiger charge is 2.38. The van der Waals surface area contributed by atoms with Crippen molar-refractivity contribution in [2.75, 3.05) is 11.9 Å². The van der Waals surface area contributed by atoms with Crippen molar-refractivity contribution in [1.29, 1.82) is 0 Å². The zero-order chi connectivity index (χ0) is 21.0. The standard InChI is InChI=1S/C22H24FN3O2S/c1-4-12-26-21(28)18(13-19(27)24-17-10-8-16(23)9-11-17)29-22(26)25-20-14(2)6-5-7-15(20)3/h5-11,18H,4,12-13H2,1-3H3,(H,24,27)/t18-/m1/s1. The molecule has 0 spiro atoms. The van der Waals surface area contributed by atoms with Crippen molar-refractivity contribution in [3.8, 4) is 0 Å². The van der Waals surface area contributed by atoms with Gasteiger partial charge >= 0.3 is 0 Å². The molecule has 0 aliphatic carbocycles. The summed E-state index contributed by atoms with van der Waals surface area (Å²) in [6.07, 6.45) is 0.833. The maximum atomic E-state index is 13.0. The number of aliphatic imine (C=N–C) groups is 1. The fourth-order valence-electron chi connectivity index (χ4n) is 3.15. The van der Waals surface area contributed by atoms with Gasteiger partial charge in [-0.3, -0.25) is 14.5 Å². The molecule has 0 bridgehead atoms. The van der Waals surface area contributed by atoms with Gasteiger partial charge in [0.25, 0.3) is 0 Å². The number of anilines is 1. The monoisotopic (exact) mass is 413 g/mol. The van der Waals surface area contributed by atoms with E-state index >= 15 is 0 Å². The maximum absolute atomic E-state index is 13.0. The van der Waals surface area contributed by atoms with Gasteiger partial charge in [0.1, 0.15) is 11.1 Å². The number of nitrogens with zero attached hydrogens (tertiary/aromatic N) is 2. The van der Waals surface area contributed by atoms with Crippen molar-refractivity contribution >= 4 is 40.1 Å². The fraction of sp³-hybridized carbons (Fsp3) is 0.318. The number of benzene rings is 2. The third kappa shape index (κ3) is 5.03. The van der Waals surface area contributed by atoms with Crippen LogP contribution in [0.3, 0.4) is 0 Å². The van der Waals surface area contributed by atoms with E-state index in [0.717, 1.165) is 23.2 Å². The lowest BCUT2D eigenvalue weighted by molar-refractivity contribution is -0.128. The minimum Gasteiger partial charge on any atom is -0.326 e. The molecule has 0 aromatic heterocycles. The zero-order valence-corrected chi connectivity index (χ0v) is 17.6. The van der Waals surface area contributed by atoms with Crippen LogP contribution in [0.4, 0.5) is 15.8 Å². The van der Waals surface area contributed by atoms with Crippen molar-refractivity contribution in [3.63, 3.8) is 0 Å². The Balaban J connectivity index is 1.77. The van der Waals surface area contributed by atoms with Gasteiger partial charge in [-0.05, 0) is 55.7 Å². The average molecular weight is 414 g/mol. The van der Waals surface area contributed by atoms with Crippen LogP contribution in [0.5, 0.6) is 0 Å². The molecule has 3 rings (SSSR count). The molecule has 0 radical (unpaired) electrons. The van der Waals surface area contributed by atoms with E-state index in [0.29, 0.717) is 17.4 Å². The summed E-state index contributed by atoms with van der Waals surface area (Å²) in [7, 11) is 0. The Morgan fingerprint density at radius 2 is 1.83 bits per heavy atom. The van der Waals surface area contributed by atoms with Gasteiger partial charge in [-0.2, -0.15) is 0 Å². The van der Waals surface area contributed by atoms with Crippen molar-refractivity contribution < 1.29 is 14.0 Å². The maximum Gasteiger partial charge on any atom is 0.242 e. The highest BCUT2D eigenvalue weighted by atomic mass is 32.2. The molecule has 1 atom stereocenters. The number of rotatable bonds is 6. The molecule has 29 heavy (non-hydrogen) atoms. The van der Waals surface area contributed by atoms with E-state index in [1.807, 2.05) is 39.0 Å². The third-order valence-electron chi connectivity index (χ3n) is 4.61. The number of hydrogen-bond donors (Lipinski definition) is 1. The molecule has 2 aromatic rings. The quantitative estimate of drug-likeness (QED) is 0.739. The van der Waals surface area contributed by atoms with Gasteiger partial charge in [0.05, 0.1) is 5.69 Å². The molecule has 1 heterocycles. The SMILES string of the molecule is CCCN1C(=O)[C@@H](CC(=O)Nc2ccc(F)cc2)SC1=Nc1c(C)cccc1C. The lowest BCUT2D eigenvalue weighted by atomic mass is 10.1. The molecule has 2 aromatic carbocycles. The number of aryl methyl sites for hydroxylation is 2. The van der Waals surface area contributed by atoms with Crippen molar-refractivity contribution in [3.05, 3.63) is 59.4 Å². The van der Waals surface area contributed by atoms with Crippen molar-refractivity contribution in [2.45, 2.75) is 38.9 Å². The molecule has 5 nitrogen and oxygen atoms in total. The first-order valence-corrected chi connectivity index (χ1v) is 10.5. The van der Waals surface area contributed by atoms with Crippen LogP contribution in [0.1, 0.15) is 30.9 Å². The third-order valence-corrected chi connectivity index (χ3v) is 5.79. The number of carbonyl (C=O) groups is 2. The minimum absolute atomic E-state index is 0.0346. The second-order valence-electron chi connectivity index (χ2n) is 6.99. The van der Waals surface area contributed by atoms with Crippen LogP contribution in [-0.2, 0) is 9.59 Å². The number of thioether (sulfide) groups is 1. The molecular weight excluding hydrogens is 389 g/mol. The molecule has 152 valence electrons. The number of para-hydroxylation sites is 1. The first-order valence-electron chi connectivity index (χ1n) is 9.57. The zero-order valence-electron chi connectivity index (χ0n) is 16.7. The summed E-state index contributed by atoms with van der Waals surface area (Å²) >= 11 is 1.33. The molecule has 0 unspecified atom stereocenters. The summed E-state index contributed by atoms with van der Waals surface area (Å²) in [5, 5.41) is 2.83. The summed E-state index contributed by atoms with van der Waals surface area (Å²) in [6.45, 7) is 6.55. The second kappa shape index (κ2) is 9.22. The summed E-state index contributed by atoms with van der Waals surface area (Å²) in [5.41, 5.74) is 3.45. The van der Waals surface area contributed by atoms with Crippen LogP contribution < -0.4 is 5.32 Å². The van der Waals surface area contributed by atoms with Gasteiger partial charge in [0, 0.05) is 18.7 Å². The van der Waals surface area contributed by atoms with E-state index in [9.17, 15) is 14.0 Å². The number of amides is 2. The molecule has 7 heteroatoms. The molecule has 1 aliphatic rings. The van der Waals surface area contributed by atoms with Crippen molar-refractivity contribution in [2.24, 2.45) is 4.99 Å². The van der Waals surface area contributed by atoms with E-state index < -0.39 is 5.25 Å². The number of nitrogens with one attached hydrogen (secondary N) is 1. The number of amidine groups is 1. The highest BCUT2D eigenvalue weighted by molar-refractivity contribution is 8.15. The molecule has 1 aliphatic heterocycles. The molecule has 2 amide bonds. The molecule has 0 saturated carbocycles.